The molecular weight excluding hydrogens is 300 g/mol. The highest BCUT2D eigenvalue weighted by molar-refractivity contribution is 5.69. The molecule has 0 atom stereocenters. The van der Waals surface area contributed by atoms with E-state index in [1.54, 1.807) is 0 Å². The summed E-state index contributed by atoms with van der Waals surface area (Å²) >= 11 is 0. The third-order valence-electron chi connectivity index (χ3n) is 4.51. The van der Waals surface area contributed by atoms with Crippen LogP contribution in [-0.2, 0) is 14.3 Å². The number of hydrogen-bond acceptors (Lipinski definition) is 3. The molecular formula is C21H40O3. The summed E-state index contributed by atoms with van der Waals surface area (Å²) in [4.78, 5) is 21.4. The van der Waals surface area contributed by atoms with Gasteiger partial charge in [-0.1, -0.05) is 83.5 Å². The molecule has 0 amide bonds. The molecule has 0 rings (SSSR count). The van der Waals surface area contributed by atoms with E-state index < -0.39 is 0 Å². The van der Waals surface area contributed by atoms with Gasteiger partial charge in [0.2, 0.25) is 0 Å². The van der Waals surface area contributed by atoms with Crippen molar-refractivity contribution in [3.05, 3.63) is 0 Å². The maximum Gasteiger partial charge on any atom is 0.305 e. The lowest BCUT2D eigenvalue weighted by Gasteiger charge is -2.04. The van der Waals surface area contributed by atoms with E-state index in [9.17, 15) is 9.59 Å². The number of esters is 1. The quantitative estimate of drug-likeness (QED) is 0.156. The summed E-state index contributed by atoms with van der Waals surface area (Å²) in [6, 6.07) is 0. The van der Waals surface area contributed by atoms with Crippen molar-refractivity contribution >= 4 is 12.3 Å². The summed E-state index contributed by atoms with van der Waals surface area (Å²) < 4.78 is 4.92. The summed E-state index contributed by atoms with van der Waals surface area (Å²) in [5, 5.41) is 0. The van der Waals surface area contributed by atoms with Gasteiger partial charge in [-0.15, -0.1) is 0 Å². The Hall–Kier alpha value is -0.860. The molecule has 0 aromatic heterocycles. The second kappa shape index (κ2) is 20.2. The van der Waals surface area contributed by atoms with E-state index in [0.717, 1.165) is 32.0 Å². The van der Waals surface area contributed by atoms with Crippen LogP contribution in [-0.4, -0.2) is 18.9 Å². The van der Waals surface area contributed by atoms with Crippen LogP contribution in [0.15, 0.2) is 0 Å². The van der Waals surface area contributed by atoms with Gasteiger partial charge >= 0.3 is 5.97 Å². The number of hydrogen-bond donors (Lipinski definition) is 0. The largest absolute Gasteiger partial charge is 0.466 e. The number of carbonyl (C=O) groups is 2. The molecule has 0 unspecified atom stereocenters. The fourth-order valence-electron chi connectivity index (χ4n) is 3.03. The Labute approximate surface area is 149 Å². The normalized spacial score (nSPS) is 10.7. The molecule has 0 aliphatic carbocycles. The Morgan fingerprint density at radius 2 is 1.04 bits per heavy atom. The van der Waals surface area contributed by atoms with E-state index in [1.807, 2.05) is 6.92 Å². The van der Waals surface area contributed by atoms with Gasteiger partial charge in [0.15, 0.2) is 0 Å². The zero-order valence-corrected chi connectivity index (χ0v) is 16.0. The van der Waals surface area contributed by atoms with Crippen LogP contribution < -0.4 is 0 Å². The van der Waals surface area contributed by atoms with Crippen LogP contribution in [0.25, 0.3) is 0 Å². The molecule has 0 radical (unpaired) electrons. The predicted molar refractivity (Wildman–Crippen MR) is 101 cm³/mol. The molecule has 0 fully saturated rings. The van der Waals surface area contributed by atoms with Crippen molar-refractivity contribution in [2.24, 2.45) is 0 Å². The number of unbranched alkanes of at least 4 members (excludes halogenated alkanes) is 15. The molecule has 0 aromatic carbocycles. The summed E-state index contributed by atoms with van der Waals surface area (Å²) in [6.45, 7) is 2.36. The van der Waals surface area contributed by atoms with Gasteiger partial charge in [-0.3, -0.25) is 4.79 Å². The topological polar surface area (TPSA) is 43.4 Å². The average Bonchev–Trinajstić information content (AvgIpc) is 2.58. The van der Waals surface area contributed by atoms with Gasteiger partial charge in [-0.05, 0) is 19.8 Å². The third-order valence-corrected chi connectivity index (χ3v) is 4.51. The molecule has 24 heavy (non-hydrogen) atoms. The molecule has 0 bridgehead atoms. The van der Waals surface area contributed by atoms with E-state index in [0.29, 0.717) is 13.0 Å². The summed E-state index contributed by atoms with van der Waals surface area (Å²) in [7, 11) is 0. The van der Waals surface area contributed by atoms with E-state index in [-0.39, 0.29) is 5.97 Å². The Morgan fingerprint density at radius 1 is 0.667 bits per heavy atom. The number of ether oxygens (including phenoxy) is 1. The minimum absolute atomic E-state index is 0.0431. The van der Waals surface area contributed by atoms with Crippen LogP contribution in [0.5, 0.6) is 0 Å². The maximum atomic E-state index is 11.2. The molecule has 0 heterocycles. The smallest absolute Gasteiger partial charge is 0.305 e. The molecule has 0 aromatic rings. The Kier molecular flexibility index (Phi) is 19.5. The highest BCUT2D eigenvalue weighted by Crippen LogP contribution is 2.14. The highest BCUT2D eigenvalue weighted by atomic mass is 16.5. The molecule has 3 nitrogen and oxygen atoms in total. The maximum absolute atomic E-state index is 11.2. The Balaban J connectivity index is 3.02. The minimum Gasteiger partial charge on any atom is -0.466 e. The van der Waals surface area contributed by atoms with Crippen molar-refractivity contribution in [3.63, 3.8) is 0 Å². The highest BCUT2D eigenvalue weighted by Gasteiger charge is 2.00. The SMILES string of the molecule is CCOC(=O)CCCCCCCCCCCCCCCCCC=O. The molecule has 0 saturated carbocycles. The zero-order valence-electron chi connectivity index (χ0n) is 16.0. The number of aldehydes is 1. The van der Waals surface area contributed by atoms with Crippen LogP contribution in [0.2, 0.25) is 0 Å². The minimum atomic E-state index is -0.0431. The van der Waals surface area contributed by atoms with Gasteiger partial charge in [0.25, 0.3) is 0 Å². The second-order valence-corrected chi connectivity index (χ2v) is 6.81. The van der Waals surface area contributed by atoms with Gasteiger partial charge in [-0.25, -0.2) is 0 Å². The number of carbonyl (C=O) groups excluding carboxylic acids is 2. The van der Waals surface area contributed by atoms with Crippen LogP contribution in [0.3, 0.4) is 0 Å². The van der Waals surface area contributed by atoms with Crippen molar-refractivity contribution in [2.75, 3.05) is 6.61 Å². The average molecular weight is 341 g/mol. The fraction of sp³-hybridized carbons (Fsp3) is 0.905. The first-order valence-electron chi connectivity index (χ1n) is 10.4. The Bertz CT molecular complexity index is 276. The lowest BCUT2D eigenvalue weighted by atomic mass is 10.0. The van der Waals surface area contributed by atoms with Crippen molar-refractivity contribution in [3.8, 4) is 0 Å². The van der Waals surface area contributed by atoms with Crippen molar-refractivity contribution < 1.29 is 14.3 Å². The van der Waals surface area contributed by atoms with Gasteiger partial charge in [0.1, 0.15) is 6.29 Å². The van der Waals surface area contributed by atoms with Crippen LogP contribution in [0.4, 0.5) is 0 Å². The van der Waals surface area contributed by atoms with Gasteiger partial charge < -0.3 is 9.53 Å². The van der Waals surface area contributed by atoms with E-state index in [2.05, 4.69) is 0 Å². The lowest BCUT2D eigenvalue weighted by molar-refractivity contribution is -0.143. The van der Waals surface area contributed by atoms with E-state index >= 15 is 0 Å². The third kappa shape index (κ3) is 19.2. The molecule has 0 aliphatic rings. The van der Waals surface area contributed by atoms with E-state index in [4.69, 9.17) is 4.74 Å². The molecule has 0 spiro atoms. The molecule has 3 heteroatoms. The summed E-state index contributed by atoms with van der Waals surface area (Å²) in [5.74, 6) is -0.0431. The lowest BCUT2D eigenvalue weighted by Crippen LogP contribution is -2.03. The standard InChI is InChI=1S/C21H40O3/c1-2-24-21(23)19-17-15-13-11-9-7-5-3-4-6-8-10-12-14-16-18-20-22/h20H,2-19H2,1H3. The second-order valence-electron chi connectivity index (χ2n) is 6.81. The summed E-state index contributed by atoms with van der Waals surface area (Å²) in [5.41, 5.74) is 0. The Morgan fingerprint density at radius 3 is 1.42 bits per heavy atom. The van der Waals surface area contributed by atoms with Gasteiger partial charge in [0, 0.05) is 12.8 Å². The monoisotopic (exact) mass is 340 g/mol. The van der Waals surface area contributed by atoms with Crippen LogP contribution in [0.1, 0.15) is 116 Å². The molecule has 0 N–H and O–H groups in total. The zero-order chi connectivity index (χ0) is 17.7. The van der Waals surface area contributed by atoms with E-state index in [1.165, 1.54) is 77.0 Å². The first-order valence-corrected chi connectivity index (χ1v) is 10.4. The molecule has 142 valence electrons. The van der Waals surface area contributed by atoms with Crippen molar-refractivity contribution in [2.45, 2.75) is 116 Å². The fourth-order valence-corrected chi connectivity index (χ4v) is 3.03. The van der Waals surface area contributed by atoms with Crippen LogP contribution >= 0.6 is 0 Å². The number of rotatable bonds is 19. The first kappa shape index (κ1) is 23.1. The van der Waals surface area contributed by atoms with Gasteiger partial charge in [-0.2, -0.15) is 0 Å². The van der Waals surface area contributed by atoms with Crippen molar-refractivity contribution in [1.82, 2.24) is 0 Å². The first-order chi connectivity index (χ1) is 11.8. The summed E-state index contributed by atoms with van der Waals surface area (Å²) in [6.07, 6.45) is 21.6. The van der Waals surface area contributed by atoms with Crippen LogP contribution in [0, 0.1) is 0 Å². The molecule has 0 aliphatic heterocycles. The van der Waals surface area contributed by atoms with Gasteiger partial charge in [0.05, 0.1) is 6.61 Å². The molecule has 0 saturated heterocycles. The predicted octanol–water partition coefficient (Wildman–Crippen LogP) is 6.38. The van der Waals surface area contributed by atoms with Crippen molar-refractivity contribution in [1.29, 1.82) is 0 Å².